The van der Waals surface area contributed by atoms with Crippen molar-refractivity contribution in [2.45, 2.75) is 39.7 Å². The molecule has 1 atom stereocenters. The molecule has 0 radical (unpaired) electrons. The normalized spacial score (nSPS) is 20.3. The third-order valence-corrected chi connectivity index (χ3v) is 4.47. The van der Waals surface area contributed by atoms with Gasteiger partial charge < -0.3 is 9.73 Å². The molecule has 0 amide bonds. The molecule has 1 aromatic heterocycles. The number of rotatable bonds is 4. The molecule has 1 N–H and O–H groups in total. The van der Waals surface area contributed by atoms with Crippen LogP contribution in [0.25, 0.3) is 0 Å². The number of amidine groups is 1. The van der Waals surface area contributed by atoms with Gasteiger partial charge in [-0.05, 0) is 30.9 Å². The first kappa shape index (κ1) is 13.5. The third-order valence-electron chi connectivity index (χ3n) is 3.02. The van der Waals surface area contributed by atoms with Crippen molar-refractivity contribution in [3.8, 4) is 0 Å². The van der Waals surface area contributed by atoms with E-state index in [0.29, 0.717) is 11.5 Å². The number of hydrogen-bond acceptors (Lipinski definition) is 4. The second-order valence-electron chi connectivity index (χ2n) is 5.74. The maximum Gasteiger partial charge on any atom is 0.156 e. The van der Waals surface area contributed by atoms with Crippen molar-refractivity contribution in [1.82, 2.24) is 5.32 Å². The predicted molar refractivity (Wildman–Crippen MR) is 78.2 cm³/mol. The number of hydrogen-bond donors (Lipinski definition) is 1. The molecule has 1 aromatic rings. The Bertz CT molecular complexity index is 398. The lowest BCUT2D eigenvalue weighted by molar-refractivity contribution is 0.435. The molecular formula is C14H22N2OS. The van der Waals surface area contributed by atoms with Crippen LogP contribution in [-0.2, 0) is 6.42 Å². The summed E-state index contributed by atoms with van der Waals surface area (Å²) >= 11 is 1.84. The zero-order valence-corrected chi connectivity index (χ0v) is 12.2. The van der Waals surface area contributed by atoms with Crippen LogP contribution in [0.1, 0.15) is 33.0 Å². The van der Waals surface area contributed by atoms with Crippen LogP contribution in [-0.4, -0.2) is 23.5 Å². The summed E-state index contributed by atoms with van der Waals surface area (Å²) in [5.41, 5.74) is 0.341. The van der Waals surface area contributed by atoms with Gasteiger partial charge in [-0.3, -0.25) is 4.99 Å². The Morgan fingerprint density at radius 3 is 3.00 bits per heavy atom. The Balaban J connectivity index is 1.74. The molecule has 4 heteroatoms. The standard InChI is InChI=1S/C14H22N2OS/c1-11(6-7-12-5-4-8-17-12)16-13-15-9-14(2,3)10-18-13/h4-5,8,11H,6-7,9-10H2,1-3H3,(H,15,16). The van der Waals surface area contributed by atoms with E-state index in [1.807, 2.05) is 23.9 Å². The monoisotopic (exact) mass is 266 g/mol. The molecule has 1 unspecified atom stereocenters. The minimum absolute atomic E-state index is 0.341. The van der Waals surface area contributed by atoms with Crippen molar-refractivity contribution >= 4 is 16.9 Å². The summed E-state index contributed by atoms with van der Waals surface area (Å²) < 4.78 is 5.34. The first-order valence-electron chi connectivity index (χ1n) is 6.51. The van der Waals surface area contributed by atoms with Gasteiger partial charge in [0.2, 0.25) is 0 Å². The number of aliphatic imine (C=N–C) groups is 1. The molecule has 1 aliphatic rings. The fourth-order valence-electron chi connectivity index (χ4n) is 1.82. The molecule has 0 fully saturated rings. The first-order chi connectivity index (χ1) is 8.55. The minimum atomic E-state index is 0.341. The zero-order chi connectivity index (χ0) is 13.0. The molecule has 3 nitrogen and oxygen atoms in total. The molecule has 1 aliphatic heterocycles. The van der Waals surface area contributed by atoms with E-state index in [2.05, 4.69) is 31.1 Å². The smallest absolute Gasteiger partial charge is 0.156 e. The summed E-state index contributed by atoms with van der Waals surface area (Å²) in [6.07, 6.45) is 3.78. The van der Waals surface area contributed by atoms with Crippen molar-refractivity contribution in [2.24, 2.45) is 10.4 Å². The molecular weight excluding hydrogens is 244 g/mol. The number of nitrogens with zero attached hydrogens (tertiary/aromatic N) is 1. The van der Waals surface area contributed by atoms with Crippen LogP contribution < -0.4 is 5.32 Å². The van der Waals surface area contributed by atoms with E-state index in [9.17, 15) is 0 Å². The van der Waals surface area contributed by atoms with Gasteiger partial charge in [0.05, 0.1) is 6.26 Å². The molecule has 0 bridgehead atoms. The van der Waals surface area contributed by atoms with Crippen LogP contribution in [0, 0.1) is 5.41 Å². The Kier molecular flexibility index (Phi) is 4.38. The molecule has 0 saturated heterocycles. The molecule has 2 rings (SSSR count). The van der Waals surface area contributed by atoms with Gasteiger partial charge in [0.15, 0.2) is 5.17 Å². The molecule has 2 heterocycles. The second kappa shape index (κ2) is 5.83. The second-order valence-corrected chi connectivity index (χ2v) is 6.70. The lowest BCUT2D eigenvalue weighted by Gasteiger charge is -2.28. The fraction of sp³-hybridized carbons (Fsp3) is 0.643. The van der Waals surface area contributed by atoms with Gasteiger partial charge in [0.1, 0.15) is 5.76 Å². The third kappa shape index (κ3) is 4.09. The Labute approximate surface area is 113 Å². The minimum Gasteiger partial charge on any atom is -0.469 e. The molecule has 0 aromatic carbocycles. The van der Waals surface area contributed by atoms with Gasteiger partial charge >= 0.3 is 0 Å². The van der Waals surface area contributed by atoms with Gasteiger partial charge in [-0.2, -0.15) is 0 Å². The Morgan fingerprint density at radius 1 is 1.56 bits per heavy atom. The maximum absolute atomic E-state index is 5.34. The summed E-state index contributed by atoms with van der Waals surface area (Å²) in [4.78, 5) is 4.61. The molecule has 0 aliphatic carbocycles. The number of aryl methyl sites for hydroxylation is 1. The van der Waals surface area contributed by atoms with E-state index in [4.69, 9.17) is 4.42 Å². The van der Waals surface area contributed by atoms with Crippen LogP contribution >= 0.6 is 11.8 Å². The highest BCUT2D eigenvalue weighted by molar-refractivity contribution is 8.13. The summed E-state index contributed by atoms with van der Waals surface area (Å²) in [7, 11) is 0. The molecule has 100 valence electrons. The van der Waals surface area contributed by atoms with Crippen molar-refractivity contribution < 1.29 is 4.42 Å². The van der Waals surface area contributed by atoms with Crippen LogP contribution in [0.15, 0.2) is 27.8 Å². The molecule has 0 spiro atoms. The fourth-order valence-corrected chi connectivity index (χ4v) is 2.88. The number of nitrogens with one attached hydrogen (secondary N) is 1. The lowest BCUT2D eigenvalue weighted by Crippen LogP contribution is -2.36. The van der Waals surface area contributed by atoms with Gasteiger partial charge in [-0.15, -0.1) is 0 Å². The van der Waals surface area contributed by atoms with Gasteiger partial charge in [0, 0.05) is 24.8 Å². The predicted octanol–water partition coefficient (Wildman–Crippen LogP) is 3.32. The quantitative estimate of drug-likeness (QED) is 0.908. The highest BCUT2D eigenvalue weighted by Gasteiger charge is 2.23. The maximum atomic E-state index is 5.34. The summed E-state index contributed by atoms with van der Waals surface area (Å²) in [5.74, 6) is 2.20. The van der Waals surface area contributed by atoms with E-state index in [1.165, 1.54) is 0 Å². The van der Waals surface area contributed by atoms with Crippen molar-refractivity contribution in [3.63, 3.8) is 0 Å². The average molecular weight is 266 g/mol. The van der Waals surface area contributed by atoms with Crippen LogP contribution in [0.3, 0.4) is 0 Å². The van der Waals surface area contributed by atoms with E-state index in [-0.39, 0.29) is 0 Å². The van der Waals surface area contributed by atoms with E-state index < -0.39 is 0 Å². The SMILES string of the molecule is CC(CCc1ccco1)NC1=NCC(C)(C)CS1. The largest absolute Gasteiger partial charge is 0.469 e. The highest BCUT2D eigenvalue weighted by Crippen LogP contribution is 2.27. The topological polar surface area (TPSA) is 37.5 Å². The van der Waals surface area contributed by atoms with Gasteiger partial charge in [-0.1, -0.05) is 25.6 Å². The first-order valence-corrected chi connectivity index (χ1v) is 7.50. The highest BCUT2D eigenvalue weighted by atomic mass is 32.2. The summed E-state index contributed by atoms with van der Waals surface area (Å²) in [5, 5.41) is 4.59. The van der Waals surface area contributed by atoms with Crippen LogP contribution in [0.2, 0.25) is 0 Å². The van der Waals surface area contributed by atoms with Gasteiger partial charge in [0.25, 0.3) is 0 Å². The summed E-state index contributed by atoms with van der Waals surface area (Å²) in [6, 6.07) is 4.40. The summed E-state index contributed by atoms with van der Waals surface area (Å²) in [6.45, 7) is 7.65. The van der Waals surface area contributed by atoms with Crippen LogP contribution in [0.4, 0.5) is 0 Å². The van der Waals surface area contributed by atoms with E-state index in [0.717, 1.165) is 36.1 Å². The van der Waals surface area contributed by atoms with Crippen molar-refractivity contribution in [2.75, 3.05) is 12.3 Å². The van der Waals surface area contributed by atoms with E-state index in [1.54, 1.807) is 6.26 Å². The Hall–Kier alpha value is -0.900. The van der Waals surface area contributed by atoms with Gasteiger partial charge in [-0.25, -0.2) is 0 Å². The van der Waals surface area contributed by atoms with Crippen molar-refractivity contribution in [3.05, 3.63) is 24.2 Å². The zero-order valence-electron chi connectivity index (χ0n) is 11.4. The Morgan fingerprint density at radius 2 is 2.39 bits per heavy atom. The van der Waals surface area contributed by atoms with Crippen molar-refractivity contribution in [1.29, 1.82) is 0 Å². The van der Waals surface area contributed by atoms with Crippen LogP contribution in [0.5, 0.6) is 0 Å². The average Bonchev–Trinajstić information content (AvgIpc) is 2.82. The lowest BCUT2D eigenvalue weighted by atomic mass is 9.97. The molecule has 0 saturated carbocycles. The number of furan rings is 1. The molecule has 18 heavy (non-hydrogen) atoms. The van der Waals surface area contributed by atoms with E-state index >= 15 is 0 Å². The number of thioether (sulfide) groups is 1.